The van der Waals surface area contributed by atoms with Crippen molar-refractivity contribution in [2.45, 2.75) is 25.9 Å². The van der Waals surface area contributed by atoms with Crippen LogP contribution in [0.25, 0.3) is 0 Å². The monoisotopic (exact) mass is 263 g/mol. The smallest absolute Gasteiger partial charge is 0.336 e. The molecule has 0 heterocycles. The molecule has 1 aliphatic carbocycles. The van der Waals surface area contributed by atoms with Crippen LogP contribution in [0, 0.1) is 12.8 Å². The van der Waals surface area contributed by atoms with Crippen LogP contribution in [-0.2, 0) is 9.53 Å². The largest absolute Gasteiger partial charge is 0.478 e. The highest BCUT2D eigenvalue weighted by Gasteiger charge is 2.36. The summed E-state index contributed by atoms with van der Waals surface area (Å²) in [4.78, 5) is 23.0. The first-order valence-electron chi connectivity index (χ1n) is 6.20. The van der Waals surface area contributed by atoms with Crippen molar-refractivity contribution in [3.63, 3.8) is 0 Å². The number of hydrogen-bond donors (Lipinski definition) is 2. The Morgan fingerprint density at radius 3 is 2.63 bits per heavy atom. The highest BCUT2D eigenvalue weighted by Crippen LogP contribution is 2.34. The molecule has 5 nitrogen and oxygen atoms in total. The summed E-state index contributed by atoms with van der Waals surface area (Å²) in [7, 11) is 1.51. The van der Waals surface area contributed by atoms with Crippen molar-refractivity contribution in [1.82, 2.24) is 0 Å². The number of benzene rings is 1. The number of anilines is 1. The maximum absolute atomic E-state index is 12.0. The zero-order valence-corrected chi connectivity index (χ0v) is 11.0. The van der Waals surface area contributed by atoms with Gasteiger partial charge in [-0.1, -0.05) is 6.07 Å². The second-order valence-electron chi connectivity index (χ2n) is 4.82. The summed E-state index contributed by atoms with van der Waals surface area (Å²) in [6.45, 7) is 1.72. The summed E-state index contributed by atoms with van der Waals surface area (Å²) in [5.74, 6) is -0.932. The van der Waals surface area contributed by atoms with Crippen molar-refractivity contribution in [1.29, 1.82) is 0 Å². The maximum atomic E-state index is 12.0. The van der Waals surface area contributed by atoms with Crippen LogP contribution in [-0.4, -0.2) is 30.2 Å². The number of nitrogens with one attached hydrogen (secondary N) is 1. The van der Waals surface area contributed by atoms with E-state index < -0.39 is 12.1 Å². The number of carboxylic acids is 1. The molecule has 0 aromatic heterocycles. The highest BCUT2D eigenvalue weighted by molar-refractivity contribution is 5.97. The van der Waals surface area contributed by atoms with Crippen molar-refractivity contribution in [2.24, 2.45) is 5.92 Å². The van der Waals surface area contributed by atoms with Crippen LogP contribution in [0.2, 0.25) is 0 Å². The van der Waals surface area contributed by atoms with Gasteiger partial charge in [-0.3, -0.25) is 4.79 Å². The minimum atomic E-state index is -1.00. The van der Waals surface area contributed by atoms with E-state index in [1.807, 2.05) is 0 Å². The number of hydrogen-bond acceptors (Lipinski definition) is 3. The molecule has 0 bridgehead atoms. The Morgan fingerprint density at radius 2 is 2.11 bits per heavy atom. The second kappa shape index (κ2) is 5.40. The standard InChI is InChI=1S/C14H17NO4/c1-8-3-6-10(7-11(8)14(17)18)15-13(16)12(19-2)9-4-5-9/h3,6-7,9,12H,4-5H2,1-2H3,(H,15,16)(H,17,18). The maximum Gasteiger partial charge on any atom is 0.336 e. The Labute approximate surface area is 111 Å². The zero-order valence-electron chi connectivity index (χ0n) is 11.0. The van der Waals surface area contributed by atoms with E-state index in [0.717, 1.165) is 12.8 Å². The van der Waals surface area contributed by atoms with Gasteiger partial charge in [0.15, 0.2) is 0 Å². The fourth-order valence-corrected chi connectivity index (χ4v) is 2.06. The molecule has 19 heavy (non-hydrogen) atoms. The molecule has 5 heteroatoms. The van der Waals surface area contributed by atoms with E-state index in [4.69, 9.17) is 9.84 Å². The van der Waals surface area contributed by atoms with Gasteiger partial charge in [0, 0.05) is 12.8 Å². The molecular formula is C14H17NO4. The van der Waals surface area contributed by atoms with Crippen LogP contribution in [0.15, 0.2) is 18.2 Å². The van der Waals surface area contributed by atoms with Crippen LogP contribution in [0.1, 0.15) is 28.8 Å². The summed E-state index contributed by atoms with van der Waals surface area (Å²) in [6.07, 6.45) is 1.55. The van der Waals surface area contributed by atoms with Gasteiger partial charge in [0.1, 0.15) is 6.10 Å². The lowest BCUT2D eigenvalue weighted by atomic mass is 10.1. The third-order valence-electron chi connectivity index (χ3n) is 3.30. The number of rotatable bonds is 5. The molecule has 0 spiro atoms. The SMILES string of the molecule is COC(C(=O)Nc1ccc(C)c(C(=O)O)c1)C1CC1. The van der Waals surface area contributed by atoms with Gasteiger partial charge < -0.3 is 15.2 Å². The van der Waals surface area contributed by atoms with Gasteiger partial charge in [-0.2, -0.15) is 0 Å². The highest BCUT2D eigenvalue weighted by atomic mass is 16.5. The average Bonchev–Trinajstić information content (AvgIpc) is 3.16. The quantitative estimate of drug-likeness (QED) is 0.852. The molecule has 0 saturated heterocycles. The number of aryl methyl sites for hydroxylation is 1. The normalized spacial score (nSPS) is 15.9. The lowest BCUT2D eigenvalue weighted by molar-refractivity contribution is -0.126. The van der Waals surface area contributed by atoms with Gasteiger partial charge in [0.25, 0.3) is 5.91 Å². The Balaban J connectivity index is 2.12. The summed E-state index contributed by atoms with van der Waals surface area (Å²) in [5, 5.41) is 11.7. The summed E-state index contributed by atoms with van der Waals surface area (Å²) in [6, 6.07) is 4.84. The number of carboxylic acid groups (broad SMARTS) is 1. The topological polar surface area (TPSA) is 75.6 Å². The molecule has 1 amide bonds. The molecule has 0 radical (unpaired) electrons. The van der Waals surface area contributed by atoms with Crippen molar-refractivity contribution in [3.8, 4) is 0 Å². The third-order valence-corrected chi connectivity index (χ3v) is 3.30. The molecule has 1 unspecified atom stereocenters. The average molecular weight is 263 g/mol. The van der Waals surface area contributed by atoms with Gasteiger partial charge in [0.05, 0.1) is 5.56 Å². The predicted molar refractivity (Wildman–Crippen MR) is 70.3 cm³/mol. The van der Waals surface area contributed by atoms with E-state index >= 15 is 0 Å². The first kappa shape index (κ1) is 13.5. The summed E-state index contributed by atoms with van der Waals surface area (Å²) in [5.41, 5.74) is 1.34. The number of carbonyl (C=O) groups excluding carboxylic acids is 1. The van der Waals surface area contributed by atoms with Crippen molar-refractivity contribution in [3.05, 3.63) is 29.3 Å². The molecule has 0 aliphatic heterocycles. The van der Waals surface area contributed by atoms with Crippen molar-refractivity contribution >= 4 is 17.6 Å². The van der Waals surface area contributed by atoms with E-state index in [1.54, 1.807) is 19.1 Å². The van der Waals surface area contributed by atoms with Gasteiger partial charge >= 0.3 is 5.97 Å². The second-order valence-corrected chi connectivity index (χ2v) is 4.82. The van der Waals surface area contributed by atoms with E-state index in [2.05, 4.69) is 5.32 Å². The number of methoxy groups -OCH3 is 1. The van der Waals surface area contributed by atoms with E-state index in [-0.39, 0.29) is 17.4 Å². The Bertz CT molecular complexity index is 508. The van der Waals surface area contributed by atoms with Crippen LogP contribution >= 0.6 is 0 Å². The van der Waals surface area contributed by atoms with Crippen LogP contribution in [0.5, 0.6) is 0 Å². The summed E-state index contributed by atoms with van der Waals surface area (Å²) < 4.78 is 5.18. The Morgan fingerprint density at radius 1 is 1.42 bits per heavy atom. The number of ether oxygens (including phenoxy) is 1. The van der Waals surface area contributed by atoms with Gasteiger partial charge in [-0.15, -0.1) is 0 Å². The Hall–Kier alpha value is -1.88. The molecule has 1 saturated carbocycles. The van der Waals surface area contributed by atoms with E-state index in [9.17, 15) is 9.59 Å². The lowest BCUT2D eigenvalue weighted by Crippen LogP contribution is -2.31. The number of aromatic carboxylic acids is 1. The molecule has 1 aromatic rings. The molecule has 102 valence electrons. The van der Waals surface area contributed by atoms with Gasteiger partial charge in [-0.25, -0.2) is 4.79 Å². The first-order valence-corrected chi connectivity index (χ1v) is 6.20. The molecule has 2 N–H and O–H groups in total. The first-order chi connectivity index (χ1) is 9.02. The zero-order chi connectivity index (χ0) is 14.0. The van der Waals surface area contributed by atoms with Crippen LogP contribution in [0.3, 0.4) is 0 Å². The molecule has 2 rings (SSSR count). The third kappa shape index (κ3) is 3.12. The molecular weight excluding hydrogens is 246 g/mol. The van der Waals surface area contributed by atoms with Crippen molar-refractivity contribution < 1.29 is 19.4 Å². The van der Waals surface area contributed by atoms with Crippen LogP contribution < -0.4 is 5.32 Å². The minimum absolute atomic E-state index is 0.193. The van der Waals surface area contributed by atoms with Gasteiger partial charge in [0.2, 0.25) is 0 Å². The fourth-order valence-electron chi connectivity index (χ4n) is 2.06. The fraction of sp³-hybridized carbons (Fsp3) is 0.429. The molecule has 1 fully saturated rings. The summed E-state index contributed by atoms with van der Waals surface area (Å²) >= 11 is 0. The molecule has 1 atom stereocenters. The predicted octanol–water partition coefficient (Wildman–Crippen LogP) is 2.06. The molecule has 1 aliphatic rings. The van der Waals surface area contributed by atoms with E-state index in [0.29, 0.717) is 11.3 Å². The minimum Gasteiger partial charge on any atom is -0.478 e. The van der Waals surface area contributed by atoms with Crippen LogP contribution in [0.4, 0.5) is 5.69 Å². The lowest BCUT2D eigenvalue weighted by Gasteiger charge is -2.15. The Kier molecular flexibility index (Phi) is 3.85. The van der Waals surface area contributed by atoms with Crippen molar-refractivity contribution in [2.75, 3.05) is 12.4 Å². The number of amides is 1. The molecule has 1 aromatic carbocycles. The number of carbonyl (C=O) groups is 2. The van der Waals surface area contributed by atoms with E-state index in [1.165, 1.54) is 13.2 Å². The van der Waals surface area contributed by atoms with Gasteiger partial charge in [-0.05, 0) is 43.4 Å².